The van der Waals surface area contributed by atoms with Crippen LogP contribution in [0.15, 0.2) is 42.5 Å². The van der Waals surface area contributed by atoms with Crippen LogP contribution in [0.2, 0.25) is 0 Å². The molecule has 0 aliphatic carbocycles. The van der Waals surface area contributed by atoms with Crippen molar-refractivity contribution >= 4 is 16.8 Å². The molecule has 0 aliphatic heterocycles. The largest absolute Gasteiger partial charge is 0.276 e. The van der Waals surface area contributed by atoms with Crippen LogP contribution in [0.3, 0.4) is 0 Å². The van der Waals surface area contributed by atoms with E-state index in [0.29, 0.717) is 5.56 Å². The van der Waals surface area contributed by atoms with Gasteiger partial charge < -0.3 is 0 Å². The van der Waals surface area contributed by atoms with E-state index in [-0.39, 0.29) is 0 Å². The summed E-state index contributed by atoms with van der Waals surface area (Å²) in [7, 11) is 0. The first-order valence-electron chi connectivity index (χ1n) is 5.46. The quantitative estimate of drug-likeness (QED) is 0.718. The summed E-state index contributed by atoms with van der Waals surface area (Å²) in [5.74, 6) is 0. The molecule has 2 rings (SSSR count). The van der Waals surface area contributed by atoms with Crippen LogP contribution in [0.25, 0.3) is 11.1 Å². The molecule has 0 saturated heterocycles. The highest BCUT2D eigenvalue weighted by Gasteiger charge is 2.08. The van der Waals surface area contributed by atoms with E-state index < -0.39 is 5.24 Å². The summed E-state index contributed by atoms with van der Waals surface area (Å²) in [4.78, 5) is 11.1. The molecule has 0 unspecified atom stereocenters. The van der Waals surface area contributed by atoms with Crippen LogP contribution >= 0.6 is 11.6 Å². The molecule has 0 heterocycles. The molecule has 0 radical (unpaired) electrons. The van der Waals surface area contributed by atoms with Gasteiger partial charge in [0.25, 0.3) is 5.24 Å². The molecule has 0 amide bonds. The van der Waals surface area contributed by atoms with Crippen molar-refractivity contribution in [2.75, 3.05) is 0 Å². The number of hydrogen-bond donors (Lipinski definition) is 0. The van der Waals surface area contributed by atoms with Crippen LogP contribution in [-0.4, -0.2) is 5.24 Å². The molecule has 0 spiro atoms. The van der Waals surface area contributed by atoms with E-state index in [0.717, 1.165) is 11.1 Å². The van der Waals surface area contributed by atoms with Crippen molar-refractivity contribution in [3.8, 4) is 11.1 Å². The van der Waals surface area contributed by atoms with Gasteiger partial charge in [0.2, 0.25) is 0 Å². The van der Waals surface area contributed by atoms with E-state index in [1.807, 2.05) is 31.2 Å². The third-order valence-electron chi connectivity index (χ3n) is 2.89. The zero-order valence-corrected chi connectivity index (χ0v) is 10.6. The maximum absolute atomic E-state index is 11.1. The van der Waals surface area contributed by atoms with Gasteiger partial charge in [0.15, 0.2) is 0 Å². The highest BCUT2D eigenvalue weighted by Crippen LogP contribution is 2.25. The van der Waals surface area contributed by atoms with Crippen molar-refractivity contribution in [2.45, 2.75) is 13.8 Å². The molecule has 0 aliphatic rings. The standard InChI is InChI=1S/C15H13ClO/c1-10-5-3-4-6-13(10)12-7-8-14(15(16)17)11(2)9-12/h3-9H,1-2H3. The van der Waals surface area contributed by atoms with Gasteiger partial charge in [-0.2, -0.15) is 0 Å². The van der Waals surface area contributed by atoms with Gasteiger partial charge in [-0.3, -0.25) is 4.79 Å². The Kier molecular flexibility index (Phi) is 3.30. The number of halogens is 1. The molecule has 0 aromatic heterocycles. The Hall–Kier alpha value is -1.60. The zero-order chi connectivity index (χ0) is 12.4. The Labute approximate surface area is 106 Å². The molecule has 1 nitrogen and oxygen atoms in total. The van der Waals surface area contributed by atoms with E-state index in [2.05, 4.69) is 19.1 Å². The Balaban J connectivity index is 2.52. The first-order valence-corrected chi connectivity index (χ1v) is 5.84. The van der Waals surface area contributed by atoms with Crippen molar-refractivity contribution in [2.24, 2.45) is 0 Å². The van der Waals surface area contributed by atoms with Gasteiger partial charge in [0.1, 0.15) is 0 Å². The maximum atomic E-state index is 11.1. The number of hydrogen-bond acceptors (Lipinski definition) is 1. The lowest BCUT2D eigenvalue weighted by molar-refractivity contribution is 0.108. The Morgan fingerprint density at radius 3 is 2.29 bits per heavy atom. The second-order valence-electron chi connectivity index (χ2n) is 4.12. The average Bonchev–Trinajstić information content (AvgIpc) is 2.29. The summed E-state index contributed by atoms with van der Waals surface area (Å²) < 4.78 is 0. The molecule has 0 atom stereocenters. The highest BCUT2D eigenvalue weighted by atomic mass is 35.5. The van der Waals surface area contributed by atoms with Crippen LogP contribution in [-0.2, 0) is 0 Å². The van der Waals surface area contributed by atoms with E-state index in [9.17, 15) is 4.79 Å². The fourth-order valence-electron chi connectivity index (χ4n) is 1.95. The zero-order valence-electron chi connectivity index (χ0n) is 9.83. The molecular formula is C15H13ClO. The fraction of sp³-hybridized carbons (Fsp3) is 0.133. The summed E-state index contributed by atoms with van der Waals surface area (Å²) in [6.45, 7) is 3.97. The monoisotopic (exact) mass is 244 g/mol. The summed E-state index contributed by atoms with van der Waals surface area (Å²) >= 11 is 5.50. The van der Waals surface area contributed by atoms with Gasteiger partial charge in [-0.25, -0.2) is 0 Å². The van der Waals surface area contributed by atoms with Crippen LogP contribution in [0.4, 0.5) is 0 Å². The number of carbonyl (C=O) groups is 1. The molecular weight excluding hydrogens is 232 g/mol. The molecule has 2 aromatic carbocycles. The third-order valence-corrected chi connectivity index (χ3v) is 3.10. The summed E-state index contributed by atoms with van der Waals surface area (Å²) in [5.41, 5.74) is 5.00. The van der Waals surface area contributed by atoms with Crippen molar-refractivity contribution in [3.05, 3.63) is 59.2 Å². The molecule has 0 N–H and O–H groups in total. The van der Waals surface area contributed by atoms with Gasteiger partial charge >= 0.3 is 0 Å². The lowest BCUT2D eigenvalue weighted by Gasteiger charge is -2.08. The summed E-state index contributed by atoms with van der Waals surface area (Å²) in [6.07, 6.45) is 0. The molecule has 2 heteroatoms. The van der Waals surface area contributed by atoms with E-state index in [1.165, 1.54) is 11.1 Å². The molecule has 0 fully saturated rings. The first kappa shape index (κ1) is 11.9. The molecule has 86 valence electrons. The molecule has 0 bridgehead atoms. The summed E-state index contributed by atoms with van der Waals surface area (Å²) in [5, 5.41) is -0.404. The van der Waals surface area contributed by atoms with Crippen LogP contribution in [0, 0.1) is 13.8 Å². The minimum absolute atomic E-state index is 0.404. The Bertz CT molecular complexity index is 573. The number of aryl methyl sites for hydroxylation is 2. The van der Waals surface area contributed by atoms with Crippen molar-refractivity contribution in [1.82, 2.24) is 0 Å². The van der Waals surface area contributed by atoms with Crippen LogP contribution in [0.1, 0.15) is 21.5 Å². The predicted molar refractivity (Wildman–Crippen MR) is 71.5 cm³/mol. The van der Waals surface area contributed by atoms with Crippen molar-refractivity contribution in [1.29, 1.82) is 0 Å². The van der Waals surface area contributed by atoms with E-state index in [4.69, 9.17) is 11.6 Å². The van der Waals surface area contributed by atoms with Crippen LogP contribution in [0.5, 0.6) is 0 Å². The molecule has 17 heavy (non-hydrogen) atoms. The Morgan fingerprint density at radius 1 is 1.00 bits per heavy atom. The minimum atomic E-state index is -0.404. The van der Waals surface area contributed by atoms with Gasteiger partial charge in [-0.1, -0.05) is 36.4 Å². The number of carbonyl (C=O) groups excluding carboxylic acids is 1. The van der Waals surface area contributed by atoms with Gasteiger partial charge in [-0.05, 0) is 53.8 Å². The molecule has 0 saturated carbocycles. The Morgan fingerprint density at radius 2 is 1.71 bits per heavy atom. The van der Waals surface area contributed by atoms with Gasteiger partial charge in [0.05, 0.1) is 0 Å². The number of benzene rings is 2. The lowest BCUT2D eigenvalue weighted by Crippen LogP contribution is -1.94. The smallest absolute Gasteiger partial charge is 0.252 e. The van der Waals surface area contributed by atoms with E-state index >= 15 is 0 Å². The van der Waals surface area contributed by atoms with Gasteiger partial charge in [-0.15, -0.1) is 0 Å². The number of rotatable bonds is 2. The van der Waals surface area contributed by atoms with Crippen molar-refractivity contribution in [3.63, 3.8) is 0 Å². The second-order valence-corrected chi connectivity index (χ2v) is 4.46. The predicted octanol–water partition coefficient (Wildman–Crippen LogP) is 4.35. The maximum Gasteiger partial charge on any atom is 0.252 e. The highest BCUT2D eigenvalue weighted by molar-refractivity contribution is 6.67. The normalized spacial score (nSPS) is 10.3. The third kappa shape index (κ3) is 2.40. The minimum Gasteiger partial charge on any atom is -0.276 e. The van der Waals surface area contributed by atoms with Crippen molar-refractivity contribution < 1.29 is 4.79 Å². The first-order chi connectivity index (χ1) is 8.09. The SMILES string of the molecule is Cc1cc(-c2ccccc2C)ccc1C(=O)Cl. The van der Waals surface area contributed by atoms with E-state index in [1.54, 1.807) is 6.07 Å². The molecule has 2 aromatic rings. The summed E-state index contributed by atoms with van der Waals surface area (Å²) in [6, 6.07) is 13.9. The second kappa shape index (κ2) is 4.72. The van der Waals surface area contributed by atoms with Gasteiger partial charge in [0, 0.05) is 5.56 Å². The van der Waals surface area contributed by atoms with Crippen LogP contribution < -0.4 is 0 Å². The topological polar surface area (TPSA) is 17.1 Å². The fourth-order valence-corrected chi connectivity index (χ4v) is 2.16. The average molecular weight is 245 g/mol. The lowest BCUT2D eigenvalue weighted by atomic mass is 9.97.